The zero-order chi connectivity index (χ0) is 19.6. The maximum atomic E-state index is 11.9. The first kappa shape index (κ1) is 19.9. The van der Waals surface area contributed by atoms with Gasteiger partial charge in [-0.25, -0.2) is 10.4 Å². The highest BCUT2D eigenvalue weighted by Gasteiger charge is 2.04. The summed E-state index contributed by atoms with van der Waals surface area (Å²) in [5, 5.41) is 5.51. The molecule has 7 heteroatoms. The summed E-state index contributed by atoms with van der Waals surface area (Å²) in [7, 11) is 0. The molecule has 0 bridgehead atoms. The van der Waals surface area contributed by atoms with Crippen molar-refractivity contribution in [2.75, 3.05) is 5.75 Å². The number of carbonyl (C=O) groups is 1. The van der Waals surface area contributed by atoms with Crippen LogP contribution in [0.3, 0.4) is 0 Å². The summed E-state index contributed by atoms with van der Waals surface area (Å²) in [5.74, 6) is 0.716. The molecule has 0 aliphatic rings. The summed E-state index contributed by atoms with van der Waals surface area (Å²) in [5.41, 5.74) is 4.30. The number of thioether (sulfide) groups is 1. The Kier molecular flexibility index (Phi) is 7.46. The number of nitrogens with one attached hydrogen (secondary N) is 1. The second kappa shape index (κ2) is 10.5. The molecule has 1 aromatic heterocycles. The summed E-state index contributed by atoms with van der Waals surface area (Å²) in [6.07, 6.45) is 3.26. The standard InChI is InChI=1S/C21H18ClN3O2S/c22-18-10-8-16(9-11-18)14-27-19-6-2-1-5-17(19)13-24-25-20(26)15-28-21-7-3-4-12-23-21/h1-13H,14-15H2,(H,25,26)/b24-13+. The molecule has 3 rings (SSSR count). The van der Waals surface area contributed by atoms with Gasteiger partial charge in [-0.3, -0.25) is 4.79 Å². The van der Waals surface area contributed by atoms with E-state index < -0.39 is 0 Å². The van der Waals surface area contributed by atoms with Crippen LogP contribution in [0.2, 0.25) is 5.02 Å². The lowest BCUT2D eigenvalue weighted by atomic mass is 10.2. The Bertz CT molecular complexity index is 934. The van der Waals surface area contributed by atoms with Gasteiger partial charge < -0.3 is 4.74 Å². The molecule has 0 saturated heterocycles. The monoisotopic (exact) mass is 411 g/mol. The van der Waals surface area contributed by atoms with Gasteiger partial charge in [0.05, 0.1) is 17.0 Å². The second-order valence-electron chi connectivity index (χ2n) is 5.70. The van der Waals surface area contributed by atoms with Crippen molar-refractivity contribution in [1.29, 1.82) is 0 Å². The summed E-state index contributed by atoms with van der Waals surface area (Å²) in [6, 6.07) is 20.6. The Morgan fingerprint density at radius 3 is 2.68 bits per heavy atom. The normalized spacial score (nSPS) is 10.8. The average Bonchev–Trinajstić information content (AvgIpc) is 2.73. The molecule has 3 aromatic rings. The first-order valence-electron chi connectivity index (χ1n) is 8.53. The van der Waals surface area contributed by atoms with Crippen molar-refractivity contribution in [3.63, 3.8) is 0 Å². The SMILES string of the molecule is O=C(CSc1ccccn1)N/N=C/c1ccccc1OCc1ccc(Cl)cc1. The van der Waals surface area contributed by atoms with Crippen molar-refractivity contribution in [3.8, 4) is 5.75 Å². The fourth-order valence-electron chi connectivity index (χ4n) is 2.24. The third-order valence-electron chi connectivity index (χ3n) is 3.61. The van der Waals surface area contributed by atoms with Gasteiger partial charge in [0.1, 0.15) is 12.4 Å². The third-order valence-corrected chi connectivity index (χ3v) is 4.80. The molecule has 0 atom stereocenters. The molecule has 1 N–H and O–H groups in total. The maximum Gasteiger partial charge on any atom is 0.250 e. The van der Waals surface area contributed by atoms with Gasteiger partial charge >= 0.3 is 0 Å². The lowest BCUT2D eigenvalue weighted by Crippen LogP contribution is -2.19. The number of benzene rings is 2. The van der Waals surface area contributed by atoms with Crippen LogP contribution in [0.1, 0.15) is 11.1 Å². The topological polar surface area (TPSA) is 63.6 Å². The predicted octanol–water partition coefficient (Wildman–Crippen LogP) is 4.56. The van der Waals surface area contributed by atoms with Crippen molar-refractivity contribution in [3.05, 3.63) is 89.1 Å². The van der Waals surface area contributed by atoms with E-state index in [2.05, 4.69) is 15.5 Å². The summed E-state index contributed by atoms with van der Waals surface area (Å²) in [6.45, 7) is 0.412. The van der Waals surface area contributed by atoms with E-state index in [0.717, 1.165) is 16.2 Å². The number of ether oxygens (including phenoxy) is 1. The van der Waals surface area contributed by atoms with E-state index in [9.17, 15) is 4.79 Å². The quantitative estimate of drug-likeness (QED) is 0.335. The Labute approximate surface area is 172 Å². The average molecular weight is 412 g/mol. The van der Waals surface area contributed by atoms with Gasteiger partial charge in [-0.05, 0) is 42.0 Å². The van der Waals surface area contributed by atoms with Gasteiger partial charge in [-0.1, -0.05) is 53.7 Å². The van der Waals surface area contributed by atoms with E-state index in [-0.39, 0.29) is 11.7 Å². The number of amides is 1. The lowest BCUT2D eigenvalue weighted by Gasteiger charge is -2.09. The number of hydrogen-bond acceptors (Lipinski definition) is 5. The van der Waals surface area contributed by atoms with Crippen LogP contribution in [0.5, 0.6) is 5.75 Å². The van der Waals surface area contributed by atoms with Crippen LogP contribution >= 0.6 is 23.4 Å². The molecule has 0 saturated carbocycles. The van der Waals surface area contributed by atoms with E-state index >= 15 is 0 Å². The maximum absolute atomic E-state index is 11.9. The minimum absolute atomic E-state index is 0.202. The number of nitrogens with zero attached hydrogens (tertiary/aromatic N) is 2. The number of rotatable bonds is 8. The smallest absolute Gasteiger partial charge is 0.250 e. The van der Waals surface area contributed by atoms with Crippen molar-refractivity contribution in [2.24, 2.45) is 5.10 Å². The predicted molar refractivity (Wildman–Crippen MR) is 113 cm³/mol. The van der Waals surface area contributed by atoms with E-state index in [0.29, 0.717) is 17.4 Å². The number of carbonyl (C=O) groups excluding carboxylic acids is 1. The zero-order valence-corrected chi connectivity index (χ0v) is 16.5. The molecule has 2 aromatic carbocycles. The number of aromatic nitrogens is 1. The molecule has 0 unspecified atom stereocenters. The summed E-state index contributed by atoms with van der Waals surface area (Å²) in [4.78, 5) is 16.1. The van der Waals surface area contributed by atoms with Crippen LogP contribution in [0.25, 0.3) is 0 Å². The Hall–Kier alpha value is -2.83. The van der Waals surface area contributed by atoms with Crippen LogP contribution in [-0.2, 0) is 11.4 Å². The van der Waals surface area contributed by atoms with Crippen LogP contribution in [0.15, 0.2) is 83.1 Å². The first-order valence-corrected chi connectivity index (χ1v) is 9.89. The first-order chi connectivity index (χ1) is 13.7. The molecule has 142 valence electrons. The number of hydrogen-bond donors (Lipinski definition) is 1. The van der Waals surface area contributed by atoms with E-state index in [1.54, 1.807) is 12.4 Å². The third kappa shape index (κ3) is 6.40. The number of halogens is 1. The molecule has 28 heavy (non-hydrogen) atoms. The molecule has 1 heterocycles. The van der Waals surface area contributed by atoms with Crippen molar-refractivity contribution in [2.45, 2.75) is 11.6 Å². The number of pyridine rings is 1. The van der Waals surface area contributed by atoms with Crippen LogP contribution in [0, 0.1) is 0 Å². The highest BCUT2D eigenvalue weighted by Crippen LogP contribution is 2.18. The fourth-order valence-corrected chi connectivity index (χ4v) is 3.02. The Morgan fingerprint density at radius 2 is 1.89 bits per heavy atom. The Balaban J connectivity index is 1.52. The summed E-state index contributed by atoms with van der Waals surface area (Å²) >= 11 is 7.25. The molecule has 1 amide bonds. The van der Waals surface area contributed by atoms with Gasteiger partial charge in [0, 0.05) is 16.8 Å². The highest BCUT2D eigenvalue weighted by molar-refractivity contribution is 7.99. The van der Waals surface area contributed by atoms with Gasteiger partial charge in [0.2, 0.25) is 5.91 Å². The lowest BCUT2D eigenvalue weighted by molar-refractivity contribution is -0.118. The van der Waals surface area contributed by atoms with E-state index in [4.69, 9.17) is 16.3 Å². The molecular weight excluding hydrogens is 394 g/mol. The highest BCUT2D eigenvalue weighted by atomic mass is 35.5. The van der Waals surface area contributed by atoms with Gasteiger partial charge in [0.15, 0.2) is 0 Å². The fraction of sp³-hybridized carbons (Fsp3) is 0.0952. The van der Waals surface area contributed by atoms with Crippen molar-refractivity contribution < 1.29 is 9.53 Å². The second-order valence-corrected chi connectivity index (χ2v) is 7.13. The molecule has 5 nitrogen and oxygen atoms in total. The minimum Gasteiger partial charge on any atom is -0.488 e. The Morgan fingerprint density at radius 1 is 1.11 bits per heavy atom. The van der Waals surface area contributed by atoms with Gasteiger partial charge in [0.25, 0.3) is 0 Å². The van der Waals surface area contributed by atoms with Crippen molar-refractivity contribution in [1.82, 2.24) is 10.4 Å². The van der Waals surface area contributed by atoms with Gasteiger partial charge in [-0.2, -0.15) is 5.10 Å². The molecule has 0 fully saturated rings. The van der Waals surface area contributed by atoms with Crippen LogP contribution in [0.4, 0.5) is 0 Å². The number of hydrazone groups is 1. The molecule has 0 aliphatic carbocycles. The number of para-hydroxylation sites is 1. The molecule has 0 radical (unpaired) electrons. The molecule has 0 spiro atoms. The van der Waals surface area contributed by atoms with Crippen LogP contribution < -0.4 is 10.2 Å². The van der Waals surface area contributed by atoms with Gasteiger partial charge in [-0.15, -0.1) is 0 Å². The summed E-state index contributed by atoms with van der Waals surface area (Å²) < 4.78 is 5.87. The molecule has 0 aliphatic heterocycles. The minimum atomic E-state index is -0.202. The van der Waals surface area contributed by atoms with E-state index in [1.165, 1.54) is 11.8 Å². The molecular formula is C21H18ClN3O2S. The zero-order valence-electron chi connectivity index (χ0n) is 14.9. The van der Waals surface area contributed by atoms with Crippen molar-refractivity contribution >= 4 is 35.5 Å². The van der Waals surface area contributed by atoms with E-state index in [1.807, 2.05) is 66.7 Å². The van der Waals surface area contributed by atoms with Crippen LogP contribution in [-0.4, -0.2) is 22.9 Å². The largest absolute Gasteiger partial charge is 0.488 e.